The number of aryl methyl sites for hydroxylation is 1. The summed E-state index contributed by atoms with van der Waals surface area (Å²) in [5.41, 5.74) is 4.56. The van der Waals surface area contributed by atoms with Gasteiger partial charge in [0.1, 0.15) is 0 Å². The van der Waals surface area contributed by atoms with Crippen molar-refractivity contribution in [3.05, 3.63) is 69.5 Å². The van der Waals surface area contributed by atoms with E-state index in [2.05, 4.69) is 10.9 Å². The molecule has 1 aliphatic rings. The third-order valence-electron chi connectivity index (χ3n) is 4.54. The molecular formula is C18H19N3. The zero-order valence-electron chi connectivity index (χ0n) is 13.2. The van der Waals surface area contributed by atoms with E-state index in [0.29, 0.717) is 11.3 Å². The quantitative estimate of drug-likeness (QED) is 0.722. The molecule has 1 unspecified atom stereocenters. The predicted molar refractivity (Wildman–Crippen MR) is 83.9 cm³/mol. The van der Waals surface area contributed by atoms with Crippen molar-refractivity contribution in [1.29, 1.82) is 5.26 Å². The van der Waals surface area contributed by atoms with Gasteiger partial charge in [-0.05, 0) is 26.3 Å². The summed E-state index contributed by atoms with van der Waals surface area (Å²) in [6.45, 7) is 15.5. The van der Waals surface area contributed by atoms with E-state index in [-0.39, 0.29) is 0 Å². The van der Waals surface area contributed by atoms with Crippen LogP contribution in [0.5, 0.6) is 0 Å². The average Bonchev–Trinajstić information content (AvgIpc) is 2.47. The maximum Gasteiger partial charge on any atom is 0.199 e. The van der Waals surface area contributed by atoms with Gasteiger partial charge in [-0.1, -0.05) is 36.8 Å². The Bertz CT molecular complexity index is 683. The van der Waals surface area contributed by atoms with Gasteiger partial charge in [-0.3, -0.25) is 0 Å². The van der Waals surface area contributed by atoms with Crippen LogP contribution in [-0.4, -0.2) is 11.9 Å². The highest BCUT2D eigenvalue weighted by Gasteiger charge is 2.43. The number of nitriles is 1. The van der Waals surface area contributed by atoms with Gasteiger partial charge in [0.05, 0.1) is 23.6 Å². The summed E-state index contributed by atoms with van der Waals surface area (Å²) in [5.74, 6) is 0. The second-order valence-electron chi connectivity index (χ2n) is 5.67. The monoisotopic (exact) mass is 277 g/mol. The number of benzene rings is 1. The van der Waals surface area contributed by atoms with Crippen LogP contribution < -0.4 is 0 Å². The fourth-order valence-electron chi connectivity index (χ4n) is 2.97. The van der Waals surface area contributed by atoms with E-state index < -0.39 is 5.41 Å². The molecule has 21 heavy (non-hydrogen) atoms. The molecule has 0 fully saturated rings. The Hall–Kier alpha value is -2.52. The van der Waals surface area contributed by atoms with Gasteiger partial charge in [0.2, 0.25) is 0 Å². The fraction of sp³-hybridized carbons (Fsp3) is 0.333. The summed E-state index contributed by atoms with van der Waals surface area (Å²) < 4.78 is 0. The molecule has 0 saturated carbocycles. The lowest BCUT2D eigenvalue weighted by atomic mass is 9.70. The molecule has 1 aromatic carbocycles. The van der Waals surface area contributed by atoms with Crippen LogP contribution in [0.2, 0.25) is 0 Å². The molecule has 3 nitrogen and oxygen atoms in total. The first-order valence-electron chi connectivity index (χ1n) is 6.89. The minimum Gasteiger partial charge on any atom is -0.361 e. The number of hydrogen-bond donors (Lipinski definition) is 0. The Morgan fingerprint density at radius 3 is 2.19 bits per heavy atom. The fourth-order valence-corrected chi connectivity index (χ4v) is 2.97. The van der Waals surface area contributed by atoms with Gasteiger partial charge < -0.3 is 4.90 Å². The molecule has 0 N–H and O–H groups in total. The normalized spacial score (nSPS) is 22.1. The zero-order chi connectivity index (χ0) is 15.8. The van der Waals surface area contributed by atoms with E-state index in [1.165, 1.54) is 5.56 Å². The van der Waals surface area contributed by atoms with Crippen LogP contribution in [0, 0.1) is 24.8 Å². The predicted octanol–water partition coefficient (Wildman–Crippen LogP) is 4.15. The van der Waals surface area contributed by atoms with Crippen molar-refractivity contribution in [3.8, 4) is 6.07 Å². The van der Waals surface area contributed by atoms with Crippen LogP contribution in [-0.2, 0) is 5.41 Å². The summed E-state index contributed by atoms with van der Waals surface area (Å²) >= 11 is 0. The average molecular weight is 277 g/mol. The molecule has 0 amide bonds. The van der Waals surface area contributed by atoms with Gasteiger partial charge in [-0.15, -0.1) is 0 Å². The summed E-state index contributed by atoms with van der Waals surface area (Å²) in [5, 5.41) is 9.67. The minimum absolute atomic E-state index is 0.621. The van der Waals surface area contributed by atoms with Crippen molar-refractivity contribution in [2.24, 2.45) is 0 Å². The molecule has 1 aromatic rings. The summed E-state index contributed by atoms with van der Waals surface area (Å²) in [6, 6.07) is 10.4. The van der Waals surface area contributed by atoms with Gasteiger partial charge in [-0.2, -0.15) is 5.26 Å². The van der Waals surface area contributed by atoms with Crippen LogP contribution in [0.15, 0.2) is 46.9 Å². The molecule has 3 heteroatoms. The number of hydrogen-bond acceptors (Lipinski definition) is 2. The maximum absolute atomic E-state index is 9.67. The van der Waals surface area contributed by atoms with Crippen LogP contribution in [0.25, 0.3) is 4.85 Å². The van der Waals surface area contributed by atoms with E-state index in [1.807, 2.05) is 63.9 Å². The standard InChI is InChI=1S/C18H19N3/c1-12-7-9-15(10-8-12)18(4)16(11-19)13(2)21(6)14(3)17(18)20-5/h7-10H,1-4,6H3. The molecule has 106 valence electrons. The van der Waals surface area contributed by atoms with E-state index in [9.17, 15) is 5.26 Å². The molecule has 1 heterocycles. The van der Waals surface area contributed by atoms with Crippen molar-refractivity contribution in [1.82, 2.24) is 4.90 Å². The number of rotatable bonds is 1. The minimum atomic E-state index is -0.676. The largest absolute Gasteiger partial charge is 0.361 e. The Morgan fingerprint density at radius 1 is 1.14 bits per heavy atom. The van der Waals surface area contributed by atoms with Crippen LogP contribution in [0.4, 0.5) is 0 Å². The van der Waals surface area contributed by atoms with Crippen LogP contribution in [0.1, 0.15) is 31.9 Å². The molecule has 1 aliphatic heterocycles. The SMILES string of the molecule is [C-]#[N+]C1=C(C)N(C)C(C)=C(C#N)C1(C)c1ccc(C)cc1. The molecule has 0 bridgehead atoms. The van der Waals surface area contributed by atoms with E-state index in [4.69, 9.17) is 6.57 Å². The van der Waals surface area contributed by atoms with Crippen molar-refractivity contribution in [3.63, 3.8) is 0 Å². The molecule has 0 radical (unpaired) electrons. The van der Waals surface area contributed by atoms with Gasteiger partial charge in [0.15, 0.2) is 5.70 Å². The molecule has 0 saturated heterocycles. The Labute approximate surface area is 126 Å². The van der Waals surface area contributed by atoms with Crippen LogP contribution in [0.3, 0.4) is 0 Å². The highest BCUT2D eigenvalue weighted by molar-refractivity contribution is 5.58. The van der Waals surface area contributed by atoms with E-state index in [1.54, 1.807) is 0 Å². The number of allylic oxidation sites excluding steroid dienone is 3. The molecular weight excluding hydrogens is 258 g/mol. The summed E-state index contributed by atoms with van der Waals surface area (Å²) in [7, 11) is 1.90. The maximum atomic E-state index is 9.67. The highest BCUT2D eigenvalue weighted by atomic mass is 15.1. The lowest BCUT2D eigenvalue weighted by Crippen LogP contribution is -2.36. The zero-order valence-corrected chi connectivity index (χ0v) is 13.2. The third-order valence-corrected chi connectivity index (χ3v) is 4.54. The van der Waals surface area contributed by atoms with Gasteiger partial charge in [-0.25, -0.2) is 4.85 Å². The summed E-state index contributed by atoms with van der Waals surface area (Å²) in [6.07, 6.45) is 0. The Morgan fingerprint density at radius 2 is 1.71 bits per heavy atom. The second-order valence-corrected chi connectivity index (χ2v) is 5.67. The second kappa shape index (κ2) is 5.11. The van der Waals surface area contributed by atoms with Gasteiger partial charge in [0, 0.05) is 18.4 Å². The molecule has 2 rings (SSSR count). The lowest BCUT2D eigenvalue weighted by molar-refractivity contribution is 0.458. The van der Waals surface area contributed by atoms with Crippen molar-refractivity contribution in [2.75, 3.05) is 7.05 Å². The van der Waals surface area contributed by atoms with E-state index >= 15 is 0 Å². The highest BCUT2D eigenvalue weighted by Crippen LogP contribution is 2.46. The smallest absolute Gasteiger partial charge is 0.199 e. The van der Waals surface area contributed by atoms with Crippen LogP contribution >= 0.6 is 0 Å². The number of nitrogens with zero attached hydrogens (tertiary/aromatic N) is 3. The summed E-state index contributed by atoms with van der Waals surface area (Å²) in [4.78, 5) is 5.70. The molecule has 0 aliphatic carbocycles. The topological polar surface area (TPSA) is 31.4 Å². The van der Waals surface area contributed by atoms with Crippen molar-refractivity contribution < 1.29 is 0 Å². The van der Waals surface area contributed by atoms with Gasteiger partial charge in [0.25, 0.3) is 0 Å². The first-order valence-corrected chi connectivity index (χ1v) is 6.89. The van der Waals surface area contributed by atoms with Crippen molar-refractivity contribution >= 4 is 0 Å². The molecule has 1 atom stereocenters. The first-order chi connectivity index (χ1) is 9.87. The van der Waals surface area contributed by atoms with Crippen molar-refractivity contribution in [2.45, 2.75) is 33.1 Å². The lowest BCUT2D eigenvalue weighted by Gasteiger charge is -2.39. The third kappa shape index (κ3) is 2.03. The molecule has 0 aromatic heterocycles. The Kier molecular flexibility index (Phi) is 3.62. The van der Waals surface area contributed by atoms with Gasteiger partial charge >= 0.3 is 0 Å². The van der Waals surface area contributed by atoms with E-state index in [0.717, 1.165) is 17.0 Å². The molecule has 0 spiro atoms. The first kappa shape index (κ1) is 14.9. The Balaban J connectivity index is 2.81.